The van der Waals surface area contributed by atoms with Crippen LogP contribution in [0, 0.1) is 0 Å². The van der Waals surface area contributed by atoms with Crippen LogP contribution in [-0.2, 0) is 16.0 Å². The minimum atomic E-state index is -0.907. The lowest BCUT2D eigenvalue weighted by atomic mass is 9.94. The minimum Gasteiger partial charge on any atom is -0.507 e. The number of ether oxygens (including phenoxy) is 3. The highest BCUT2D eigenvalue weighted by molar-refractivity contribution is 7.22. The Morgan fingerprint density at radius 3 is 2.76 bits per heavy atom. The number of ketones is 1. The molecule has 3 aromatic carbocycles. The van der Waals surface area contributed by atoms with Gasteiger partial charge in [0.25, 0.3) is 5.78 Å². The predicted octanol–water partition coefficient (Wildman–Crippen LogP) is 6.82. The Hall–Kier alpha value is -4.37. The second-order valence-electron chi connectivity index (χ2n) is 10.6. The number of aliphatic hydroxyl groups is 1. The number of benzene rings is 3. The summed E-state index contributed by atoms with van der Waals surface area (Å²) in [6, 6.07) is 17.3. The first-order valence-electron chi connectivity index (χ1n) is 14.2. The number of unbranched alkanes of at least 4 members (excludes halogenated alkanes) is 2. The third-order valence-corrected chi connectivity index (χ3v) is 8.61. The molecule has 1 amide bonds. The number of anilines is 1. The van der Waals surface area contributed by atoms with Crippen LogP contribution in [0.25, 0.3) is 16.0 Å². The Kier molecular flexibility index (Phi) is 7.60. The molecule has 0 saturated carbocycles. The van der Waals surface area contributed by atoms with Gasteiger partial charge in [-0.1, -0.05) is 43.2 Å². The third-order valence-electron chi connectivity index (χ3n) is 7.59. The first-order chi connectivity index (χ1) is 20.4. The highest BCUT2D eigenvalue weighted by atomic mass is 32.1. The Morgan fingerprint density at radius 1 is 1.10 bits per heavy atom. The van der Waals surface area contributed by atoms with Gasteiger partial charge in [0.15, 0.2) is 5.13 Å². The molecule has 6 rings (SSSR count). The summed E-state index contributed by atoms with van der Waals surface area (Å²) >= 11 is 1.29. The standard InChI is InChI=1S/C33H32N2O6S/c1-4-5-6-14-40-24-9-7-8-20(17-24)29-28(30(36)21-10-13-26-22(16-21)15-19(2)41-26)31(37)32(38)35(29)33-34-25-12-11-23(39-3)18-27(25)42-33/h7-13,16-19,29,36H,4-6,14-15H2,1-3H3/t19-,29+/m1/s1. The number of rotatable bonds is 9. The van der Waals surface area contributed by atoms with E-state index in [9.17, 15) is 14.7 Å². The van der Waals surface area contributed by atoms with Gasteiger partial charge in [-0.05, 0) is 73.0 Å². The summed E-state index contributed by atoms with van der Waals surface area (Å²) in [7, 11) is 1.59. The van der Waals surface area contributed by atoms with Crippen molar-refractivity contribution in [1.82, 2.24) is 4.98 Å². The molecular formula is C33H32N2O6S. The first-order valence-corrected chi connectivity index (χ1v) is 15.0. The summed E-state index contributed by atoms with van der Waals surface area (Å²) in [5.41, 5.74) is 2.72. The topological polar surface area (TPSA) is 98.2 Å². The fourth-order valence-corrected chi connectivity index (χ4v) is 6.53. The molecule has 4 aromatic rings. The van der Waals surface area contributed by atoms with E-state index in [4.69, 9.17) is 19.2 Å². The second kappa shape index (κ2) is 11.5. The van der Waals surface area contributed by atoms with Crippen LogP contribution < -0.4 is 19.1 Å². The lowest BCUT2D eigenvalue weighted by Gasteiger charge is -2.23. The van der Waals surface area contributed by atoms with E-state index >= 15 is 0 Å². The average Bonchev–Trinajstić information content (AvgIpc) is 3.66. The van der Waals surface area contributed by atoms with E-state index in [1.165, 1.54) is 16.2 Å². The Morgan fingerprint density at radius 2 is 1.95 bits per heavy atom. The van der Waals surface area contributed by atoms with Crippen LogP contribution in [0.5, 0.6) is 17.2 Å². The number of aliphatic hydroxyl groups excluding tert-OH is 1. The van der Waals surface area contributed by atoms with Crippen LogP contribution in [0.15, 0.2) is 66.2 Å². The fourth-order valence-electron chi connectivity index (χ4n) is 5.51. The molecule has 0 aliphatic carbocycles. The van der Waals surface area contributed by atoms with E-state index in [-0.39, 0.29) is 17.4 Å². The molecule has 1 N–H and O–H groups in total. The number of aromatic nitrogens is 1. The van der Waals surface area contributed by atoms with Gasteiger partial charge in [0.1, 0.15) is 29.1 Å². The average molecular weight is 585 g/mol. The smallest absolute Gasteiger partial charge is 0.301 e. The van der Waals surface area contributed by atoms with Crippen molar-refractivity contribution in [1.29, 1.82) is 0 Å². The number of carbonyl (C=O) groups is 2. The molecule has 1 aromatic heterocycles. The third kappa shape index (κ3) is 5.09. The molecule has 42 heavy (non-hydrogen) atoms. The maximum atomic E-state index is 13.7. The quantitative estimate of drug-likeness (QED) is 0.0997. The van der Waals surface area contributed by atoms with Crippen molar-refractivity contribution in [2.45, 2.75) is 51.7 Å². The van der Waals surface area contributed by atoms with Crippen molar-refractivity contribution in [3.63, 3.8) is 0 Å². The van der Waals surface area contributed by atoms with Crippen LogP contribution in [0.4, 0.5) is 5.13 Å². The van der Waals surface area contributed by atoms with Crippen molar-refractivity contribution >= 4 is 44.1 Å². The number of Topliss-reactive ketones (excluding diaryl/α,β-unsaturated/α-hetero) is 1. The first kappa shape index (κ1) is 27.8. The van der Waals surface area contributed by atoms with Gasteiger partial charge in [-0.25, -0.2) is 4.98 Å². The molecule has 0 unspecified atom stereocenters. The Bertz CT molecular complexity index is 1710. The van der Waals surface area contributed by atoms with Gasteiger partial charge in [0.2, 0.25) is 0 Å². The normalized spacial score (nSPS) is 19.3. The number of nitrogens with zero attached hydrogens (tertiary/aromatic N) is 2. The van der Waals surface area contributed by atoms with Crippen molar-refractivity contribution in [2.24, 2.45) is 0 Å². The SMILES string of the molecule is CCCCCOc1cccc([C@H]2C(=C(O)c3ccc4c(c3)C[C@@H](C)O4)C(=O)C(=O)N2c2nc3ccc(OC)cc3s2)c1. The molecule has 1 saturated heterocycles. The van der Waals surface area contributed by atoms with Crippen LogP contribution in [-0.4, -0.2) is 41.6 Å². The lowest BCUT2D eigenvalue weighted by Crippen LogP contribution is -2.29. The van der Waals surface area contributed by atoms with E-state index in [0.29, 0.717) is 46.3 Å². The molecule has 2 aliphatic heterocycles. The lowest BCUT2D eigenvalue weighted by molar-refractivity contribution is -0.132. The zero-order chi connectivity index (χ0) is 29.4. The summed E-state index contributed by atoms with van der Waals surface area (Å²) < 4.78 is 18.0. The van der Waals surface area contributed by atoms with Gasteiger partial charge in [-0.2, -0.15) is 0 Å². The van der Waals surface area contributed by atoms with Crippen LogP contribution in [0.2, 0.25) is 0 Å². The van der Waals surface area contributed by atoms with Gasteiger partial charge in [-0.3, -0.25) is 14.5 Å². The van der Waals surface area contributed by atoms with Crippen molar-refractivity contribution in [2.75, 3.05) is 18.6 Å². The van der Waals surface area contributed by atoms with Crippen molar-refractivity contribution in [3.8, 4) is 17.2 Å². The largest absolute Gasteiger partial charge is 0.507 e. The molecular weight excluding hydrogens is 552 g/mol. The Labute approximate surface area is 248 Å². The molecule has 0 radical (unpaired) electrons. The van der Waals surface area contributed by atoms with E-state index in [1.54, 1.807) is 25.3 Å². The van der Waals surface area contributed by atoms with Crippen LogP contribution in [0.3, 0.4) is 0 Å². The molecule has 0 bridgehead atoms. The number of fused-ring (bicyclic) bond motifs is 2. The maximum Gasteiger partial charge on any atom is 0.301 e. The highest BCUT2D eigenvalue weighted by Crippen LogP contribution is 2.45. The number of hydrogen-bond acceptors (Lipinski definition) is 8. The second-order valence-corrected chi connectivity index (χ2v) is 11.6. The number of methoxy groups -OCH3 is 1. The summed E-state index contributed by atoms with van der Waals surface area (Å²) in [5.74, 6) is 0.300. The highest BCUT2D eigenvalue weighted by Gasteiger charge is 2.48. The summed E-state index contributed by atoms with van der Waals surface area (Å²) in [4.78, 5) is 33.5. The maximum absolute atomic E-state index is 13.7. The summed E-state index contributed by atoms with van der Waals surface area (Å²) in [6.07, 6.45) is 3.79. The van der Waals surface area contributed by atoms with E-state index < -0.39 is 17.7 Å². The van der Waals surface area contributed by atoms with E-state index in [1.807, 2.05) is 49.4 Å². The minimum absolute atomic E-state index is 0.00637. The number of amides is 1. The molecule has 2 aliphatic rings. The fraction of sp³-hybridized carbons (Fsp3) is 0.303. The van der Waals surface area contributed by atoms with Crippen molar-refractivity contribution in [3.05, 3.63) is 82.9 Å². The van der Waals surface area contributed by atoms with Gasteiger partial charge >= 0.3 is 5.91 Å². The molecule has 216 valence electrons. The zero-order valence-electron chi connectivity index (χ0n) is 23.8. The summed E-state index contributed by atoms with van der Waals surface area (Å²) in [5, 5.41) is 12.0. The molecule has 0 spiro atoms. The molecule has 1 fully saturated rings. The van der Waals surface area contributed by atoms with E-state index in [0.717, 1.165) is 35.3 Å². The molecule has 2 atom stereocenters. The van der Waals surface area contributed by atoms with Crippen LogP contribution >= 0.6 is 11.3 Å². The number of thiazole rings is 1. The molecule has 3 heterocycles. The van der Waals surface area contributed by atoms with Gasteiger partial charge in [0.05, 0.1) is 35.5 Å². The van der Waals surface area contributed by atoms with Gasteiger partial charge < -0.3 is 19.3 Å². The molecule has 8 nitrogen and oxygen atoms in total. The van der Waals surface area contributed by atoms with E-state index in [2.05, 4.69) is 6.92 Å². The van der Waals surface area contributed by atoms with Gasteiger partial charge in [-0.15, -0.1) is 0 Å². The number of hydrogen-bond donors (Lipinski definition) is 1. The molecule has 9 heteroatoms. The Balaban J connectivity index is 1.47. The van der Waals surface area contributed by atoms with Crippen molar-refractivity contribution < 1.29 is 28.9 Å². The number of carbonyl (C=O) groups excluding carboxylic acids is 2. The predicted molar refractivity (Wildman–Crippen MR) is 163 cm³/mol. The van der Waals surface area contributed by atoms with Crippen LogP contribution in [0.1, 0.15) is 55.8 Å². The monoisotopic (exact) mass is 584 g/mol. The van der Waals surface area contributed by atoms with Gasteiger partial charge in [0, 0.05) is 12.0 Å². The summed E-state index contributed by atoms with van der Waals surface area (Å²) in [6.45, 7) is 4.68. The zero-order valence-corrected chi connectivity index (χ0v) is 24.6.